The maximum absolute atomic E-state index is 13.0. The zero-order valence-corrected chi connectivity index (χ0v) is 20.0. The Balaban J connectivity index is 1.67. The third kappa shape index (κ3) is 4.60. The number of aromatic nitrogens is 3. The van der Waals surface area contributed by atoms with E-state index in [-0.39, 0.29) is 23.8 Å². The molecule has 0 N–H and O–H groups in total. The van der Waals surface area contributed by atoms with Crippen molar-refractivity contribution in [2.75, 3.05) is 18.0 Å². The molecular formula is C25H27F3N6O. The summed E-state index contributed by atoms with van der Waals surface area (Å²) in [6.45, 7) is 7.28. The largest absolute Gasteiger partial charge is 0.416 e. The number of rotatable bonds is 4. The number of aryl methyl sites for hydroxylation is 1. The first-order valence-electron chi connectivity index (χ1n) is 11.5. The summed E-state index contributed by atoms with van der Waals surface area (Å²) in [5.41, 5.74) is 1.09. The Kier molecular flexibility index (Phi) is 6.56. The van der Waals surface area contributed by atoms with Crippen LogP contribution in [0.4, 0.5) is 19.0 Å². The molecule has 1 aliphatic heterocycles. The molecule has 3 atom stereocenters. The Hall–Kier alpha value is -3.45. The van der Waals surface area contributed by atoms with Crippen LogP contribution in [0.15, 0.2) is 41.2 Å². The molecule has 0 aliphatic carbocycles. The summed E-state index contributed by atoms with van der Waals surface area (Å²) in [6, 6.07) is 10.6. The number of nitrogens with zero attached hydrogens (tertiary/aromatic N) is 6. The van der Waals surface area contributed by atoms with Gasteiger partial charge in [0.25, 0.3) is 0 Å². The lowest BCUT2D eigenvalue weighted by molar-refractivity contribution is -0.137. The Morgan fingerprint density at radius 2 is 1.83 bits per heavy atom. The first kappa shape index (κ1) is 24.7. The predicted molar refractivity (Wildman–Crippen MR) is 127 cm³/mol. The number of pyridine rings is 1. The van der Waals surface area contributed by atoms with Crippen molar-refractivity contribution >= 4 is 16.9 Å². The van der Waals surface area contributed by atoms with Crippen molar-refractivity contribution in [3.05, 3.63) is 63.7 Å². The van der Waals surface area contributed by atoms with Crippen LogP contribution < -0.4 is 10.6 Å². The molecule has 1 aliphatic rings. The molecule has 0 radical (unpaired) electrons. The van der Waals surface area contributed by atoms with Gasteiger partial charge in [-0.3, -0.25) is 9.47 Å². The van der Waals surface area contributed by atoms with E-state index in [4.69, 9.17) is 0 Å². The minimum Gasteiger partial charge on any atom is -0.349 e. The molecule has 10 heteroatoms. The van der Waals surface area contributed by atoms with Crippen molar-refractivity contribution in [1.29, 1.82) is 5.26 Å². The monoisotopic (exact) mass is 484 g/mol. The van der Waals surface area contributed by atoms with Crippen LogP contribution in [0, 0.1) is 11.3 Å². The summed E-state index contributed by atoms with van der Waals surface area (Å²) in [6.07, 6.45) is -3.60. The van der Waals surface area contributed by atoms with Gasteiger partial charge in [-0.2, -0.15) is 23.4 Å². The maximum atomic E-state index is 13.0. The Bertz CT molecular complexity index is 1330. The van der Waals surface area contributed by atoms with Crippen LogP contribution in [0.1, 0.15) is 50.1 Å². The van der Waals surface area contributed by atoms with Crippen LogP contribution >= 0.6 is 0 Å². The van der Waals surface area contributed by atoms with Crippen molar-refractivity contribution in [2.45, 2.75) is 51.5 Å². The summed E-state index contributed by atoms with van der Waals surface area (Å²) >= 11 is 0. The van der Waals surface area contributed by atoms with E-state index in [0.717, 1.165) is 24.1 Å². The van der Waals surface area contributed by atoms with Crippen molar-refractivity contribution in [1.82, 2.24) is 19.4 Å². The summed E-state index contributed by atoms with van der Waals surface area (Å²) in [5.74, 6) is 0.459. The molecule has 0 saturated carbocycles. The molecule has 4 rings (SSSR count). The van der Waals surface area contributed by atoms with Gasteiger partial charge in [0.2, 0.25) is 0 Å². The van der Waals surface area contributed by atoms with Crippen LogP contribution in [0.5, 0.6) is 0 Å². The molecule has 1 aromatic carbocycles. The van der Waals surface area contributed by atoms with E-state index < -0.39 is 17.4 Å². The number of alkyl halides is 3. The van der Waals surface area contributed by atoms with E-state index in [1.54, 1.807) is 19.2 Å². The Morgan fingerprint density at radius 3 is 2.43 bits per heavy atom. The highest BCUT2D eigenvalue weighted by Crippen LogP contribution is 2.34. The number of piperazine rings is 1. The maximum Gasteiger partial charge on any atom is 0.416 e. The lowest BCUT2D eigenvalue weighted by Crippen LogP contribution is -2.58. The number of benzene rings is 1. The van der Waals surface area contributed by atoms with Gasteiger partial charge in [0.15, 0.2) is 5.82 Å². The highest BCUT2D eigenvalue weighted by Gasteiger charge is 2.36. The first-order chi connectivity index (χ1) is 16.5. The fourth-order valence-electron chi connectivity index (χ4n) is 4.82. The Morgan fingerprint density at radius 1 is 1.14 bits per heavy atom. The number of nitriles is 1. The number of hydrogen-bond donors (Lipinski definition) is 0. The topological polar surface area (TPSA) is 78.0 Å². The van der Waals surface area contributed by atoms with Crippen LogP contribution in [-0.2, 0) is 13.2 Å². The minimum absolute atomic E-state index is 0.00144. The van der Waals surface area contributed by atoms with Gasteiger partial charge in [0.05, 0.1) is 11.1 Å². The standard InChI is InChI=1S/C25H27F3N6O/c1-5-20-14-33(16(3)17-6-8-18(9-7-17)25(26,27)28)15(2)13-34(20)23-22-21(32(4)24(35)31-23)11-10-19(12-29)30-22/h6-11,15-16,20H,5,13-14H2,1-4H3/t15-,16?,20+/m1/s1. The van der Waals surface area contributed by atoms with E-state index in [9.17, 15) is 23.2 Å². The van der Waals surface area contributed by atoms with Gasteiger partial charge in [-0.05, 0) is 50.1 Å². The van der Waals surface area contributed by atoms with Gasteiger partial charge >= 0.3 is 11.9 Å². The molecule has 1 fully saturated rings. The third-order valence-corrected chi connectivity index (χ3v) is 6.90. The van der Waals surface area contributed by atoms with E-state index in [1.807, 2.05) is 19.9 Å². The summed E-state index contributed by atoms with van der Waals surface area (Å²) in [7, 11) is 1.62. The van der Waals surface area contributed by atoms with Crippen molar-refractivity contribution < 1.29 is 13.2 Å². The fourth-order valence-corrected chi connectivity index (χ4v) is 4.82. The molecule has 0 bridgehead atoms. The van der Waals surface area contributed by atoms with Gasteiger partial charge in [-0.15, -0.1) is 0 Å². The van der Waals surface area contributed by atoms with Crippen molar-refractivity contribution in [3.8, 4) is 6.07 Å². The van der Waals surface area contributed by atoms with Crippen molar-refractivity contribution in [3.63, 3.8) is 0 Å². The number of halogens is 3. The lowest BCUT2D eigenvalue weighted by Gasteiger charge is -2.48. The van der Waals surface area contributed by atoms with Gasteiger partial charge in [0.1, 0.15) is 17.3 Å². The molecule has 1 saturated heterocycles. The number of hydrogen-bond acceptors (Lipinski definition) is 6. The van der Waals surface area contributed by atoms with Gasteiger partial charge in [-0.25, -0.2) is 9.78 Å². The van der Waals surface area contributed by atoms with E-state index in [1.165, 1.54) is 16.7 Å². The number of anilines is 1. The minimum atomic E-state index is -4.37. The molecule has 1 unspecified atom stereocenters. The smallest absolute Gasteiger partial charge is 0.349 e. The van der Waals surface area contributed by atoms with Crippen LogP contribution in [0.2, 0.25) is 0 Å². The molecule has 0 spiro atoms. The van der Waals surface area contributed by atoms with Crippen LogP contribution in [0.3, 0.4) is 0 Å². The quantitative estimate of drug-likeness (QED) is 0.551. The average molecular weight is 485 g/mol. The second-order valence-electron chi connectivity index (χ2n) is 9.01. The summed E-state index contributed by atoms with van der Waals surface area (Å²) in [5, 5.41) is 9.34. The molecule has 3 heterocycles. The van der Waals surface area contributed by atoms with E-state index >= 15 is 0 Å². The summed E-state index contributed by atoms with van der Waals surface area (Å²) < 4.78 is 40.4. The molecule has 3 aromatic rings. The second-order valence-corrected chi connectivity index (χ2v) is 9.01. The molecular weight excluding hydrogens is 457 g/mol. The van der Waals surface area contributed by atoms with Gasteiger partial charge in [-0.1, -0.05) is 19.1 Å². The van der Waals surface area contributed by atoms with E-state index in [2.05, 4.69) is 26.7 Å². The summed E-state index contributed by atoms with van der Waals surface area (Å²) in [4.78, 5) is 25.8. The second kappa shape index (κ2) is 9.30. The highest BCUT2D eigenvalue weighted by molar-refractivity contribution is 5.86. The third-order valence-electron chi connectivity index (χ3n) is 6.90. The number of fused-ring (bicyclic) bond motifs is 1. The lowest BCUT2D eigenvalue weighted by atomic mass is 9.98. The van der Waals surface area contributed by atoms with E-state index in [0.29, 0.717) is 29.9 Å². The predicted octanol–water partition coefficient (Wildman–Crippen LogP) is 4.27. The molecule has 0 amide bonds. The SMILES string of the molecule is CC[C@H]1CN(C(C)c2ccc(C(F)(F)F)cc2)[C@H](C)CN1c1nc(=O)n(C)c2ccc(C#N)nc12. The van der Waals surface area contributed by atoms with Crippen LogP contribution in [0.25, 0.3) is 11.0 Å². The van der Waals surface area contributed by atoms with Gasteiger partial charge < -0.3 is 4.90 Å². The average Bonchev–Trinajstić information content (AvgIpc) is 2.84. The first-order valence-corrected chi connectivity index (χ1v) is 11.5. The van der Waals surface area contributed by atoms with Gasteiger partial charge in [0, 0.05) is 38.3 Å². The van der Waals surface area contributed by atoms with Crippen LogP contribution in [-0.4, -0.2) is 44.6 Å². The molecule has 7 nitrogen and oxygen atoms in total. The highest BCUT2D eigenvalue weighted by atomic mass is 19.4. The fraction of sp³-hybridized carbons (Fsp3) is 0.440. The molecule has 35 heavy (non-hydrogen) atoms. The zero-order valence-electron chi connectivity index (χ0n) is 20.0. The molecule has 2 aromatic heterocycles. The zero-order chi connectivity index (χ0) is 25.5. The molecule has 184 valence electrons. The van der Waals surface area contributed by atoms with Crippen molar-refractivity contribution in [2.24, 2.45) is 7.05 Å². The normalized spacial score (nSPS) is 20.1. The Labute approximate surface area is 201 Å².